The van der Waals surface area contributed by atoms with E-state index in [1.807, 2.05) is 0 Å². The highest BCUT2D eigenvalue weighted by Gasteiger charge is 2.17. The van der Waals surface area contributed by atoms with E-state index in [0.717, 1.165) is 25.9 Å². The molecule has 2 rings (SSSR count). The molecule has 0 aromatic heterocycles. The molecule has 1 aliphatic heterocycles. The number of benzene rings is 1. The SMILES string of the molecule is COc1ccc(Cl)cc1C(=O)NNC(=O)CSC(=S)N1CCCC1. The van der Waals surface area contributed by atoms with Gasteiger partial charge in [0.05, 0.1) is 18.4 Å². The normalized spacial score (nSPS) is 13.5. The van der Waals surface area contributed by atoms with E-state index in [-0.39, 0.29) is 17.2 Å². The van der Waals surface area contributed by atoms with Gasteiger partial charge in [0.15, 0.2) is 0 Å². The second-order valence-electron chi connectivity index (χ2n) is 5.10. The quantitative estimate of drug-likeness (QED) is 0.609. The number of hydrazine groups is 1. The minimum Gasteiger partial charge on any atom is -0.496 e. The van der Waals surface area contributed by atoms with Crippen molar-refractivity contribution >= 4 is 51.7 Å². The Morgan fingerprint density at radius 2 is 2.04 bits per heavy atom. The number of ether oxygens (including phenoxy) is 1. The summed E-state index contributed by atoms with van der Waals surface area (Å²) in [5.74, 6) is -0.330. The van der Waals surface area contributed by atoms with Gasteiger partial charge in [-0.2, -0.15) is 0 Å². The molecule has 0 radical (unpaired) electrons. The highest BCUT2D eigenvalue weighted by atomic mass is 35.5. The number of rotatable bonds is 4. The molecule has 24 heavy (non-hydrogen) atoms. The van der Waals surface area contributed by atoms with Crippen LogP contribution in [0.5, 0.6) is 5.75 Å². The maximum atomic E-state index is 12.1. The summed E-state index contributed by atoms with van der Waals surface area (Å²) >= 11 is 12.5. The van der Waals surface area contributed by atoms with Gasteiger partial charge in [-0.1, -0.05) is 35.6 Å². The van der Waals surface area contributed by atoms with Gasteiger partial charge in [-0.05, 0) is 31.0 Å². The molecule has 0 bridgehead atoms. The van der Waals surface area contributed by atoms with Crippen molar-refractivity contribution in [2.24, 2.45) is 0 Å². The van der Waals surface area contributed by atoms with E-state index in [4.69, 9.17) is 28.6 Å². The van der Waals surface area contributed by atoms with Crippen LogP contribution in [0.4, 0.5) is 0 Å². The van der Waals surface area contributed by atoms with Gasteiger partial charge in [0.1, 0.15) is 10.1 Å². The summed E-state index contributed by atoms with van der Waals surface area (Å²) < 4.78 is 5.82. The predicted molar refractivity (Wildman–Crippen MR) is 99.5 cm³/mol. The molecule has 2 N–H and O–H groups in total. The van der Waals surface area contributed by atoms with Crippen LogP contribution in [0, 0.1) is 0 Å². The first-order chi connectivity index (χ1) is 11.5. The fourth-order valence-corrected chi connectivity index (χ4v) is 3.43. The number of likely N-dealkylation sites (tertiary alicyclic amines) is 1. The lowest BCUT2D eigenvalue weighted by molar-refractivity contribution is -0.119. The number of nitrogens with zero attached hydrogens (tertiary/aromatic N) is 1. The Morgan fingerprint density at radius 3 is 2.71 bits per heavy atom. The van der Waals surface area contributed by atoms with Gasteiger partial charge in [-0.3, -0.25) is 20.4 Å². The molecule has 9 heteroatoms. The summed E-state index contributed by atoms with van der Waals surface area (Å²) in [5.41, 5.74) is 4.95. The molecule has 1 saturated heterocycles. The van der Waals surface area contributed by atoms with E-state index in [9.17, 15) is 9.59 Å². The number of carbonyl (C=O) groups excluding carboxylic acids is 2. The molecule has 1 aliphatic rings. The summed E-state index contributed by atoms with van der Waals surface area (Å²) in [4.78, 5) is 26.0. The molecule has 2 amide bonds. The van der Waals surface area contributed by atoms with Crippen molar-refractivity contribution in [3.8, 4) is 5.75 Å². The van der Waals surface area contributed by atoms with Gasteiger partial charge in [0, 0.05) is 18.1 Å². The van der Waals surface area contributed by atoms with Crippen LogP contribution in [0.2, 0.25) is 5.02 Å². The van der Waals surface area contributed by atoms with E-state index < -0.39 is 5.91 Å². The Balaban J connectivity index is 1.80. The average Bonchev–Trinajstić information content (AvgIpc) is 3.12. The number of thiocarbonyl (C=S) groups is 1. The molecule has 0 unspecified atom stereocenters. The summed E-state index contributed by atoms with van der Waals surface area (Å²) in [6, 6.07) is 4.67. The standard InChI is InChI=1S/C15H18ClN3O3S2/c1-22-12-5-4-10(16)8-11(12)14(21)18-17-13(20)9-24-15(23)19-6-2-3-7-19/h4-5,8H,2-3,6-7,9H2,1H3,(H,17,20)(H,18,21). The van der Waals surface area contributed by atoms with E-state index >= 15 is 0 Å². The molecule has 1 fully saturated rings. The average molecular weight is 388 g/mol. The van der Waals surface area contributed by atoms with E-state index in [1.165, 1.54) is 24.9 Å². The number of hydrogen-bond donors (Lipinski definition) is 2. The fourth-order valence-electron chi connectivity index (χ4n) is 2.21. The minimum absolute atomic E-state index is 0.141. The van der Waals surface area contributed by atoms with Gasteiger partial charge >= 0.3 is 0 Å². The first-order valence-electron chi connectivity index (χ1n) is 7.35. The van der Waals surface area contributed by atoms with Crippen LogP contribution in [0.15, 0.2) is 18.2 Å². The minimum atomic E-state index is -0.505. The first-order valence-corrected chi connectivity index (χ1v) is 9.13. The maximum Gasteiger partial charge on any atom is 0.273 e. The molecule has 130 valence electrons. The van der Waals surface area contributed by atoms with E-state index in [0.29, 0.717) is 15.1 Å². The Bertz CT molecular complexity index is 636. The Labute approximate surface area is 155 Å². The van der Waals surface area contributed by atoms with Gasteiger partial charge in [0.2, 0.25) is 5.91 Å². The highest BCUT2D eigenvalue weighted by Crippen LogP contribution is 2.22. The molecule has 1 heterocycles. The highest BCUT2D eigenvalue weighted by molar-refractivity contribution is 8.23. The molecule has 0 saturated carbocycles. The van der Waals surface area contributed by atoms with E-state index in [2.05, 4.69) is 15.8 Å². The monoisotopic (exact) mass is 387 g/mol. The van der Waals surface area contributed by atoms with Crippen LogP contribution >= 0.6 is 35.6 Å². The number of thioether (sulfide) groups is 1. The van der Waals surface area contributed by atoms with Crippen molar-refractivity contribution < 1.29 is 14.3 Å². The zero-order chi connectivity index (χ0) is 17.5. The second kappa shape index (κ2) is 9.10. The Hall–Kier alpha value is -1.51. The van der Waals surface area contributed by atoms with Crippen LogP contribution in [-0.4, -0.2) is 47.0 Å². The summed E-state index contributed by atoms with van der Waals surface area (Å²) in [6.45, 7) is 1.89. The lowest BCUT2D eigenvalue weighted by Gasteiger charge is -2.17. The second-order valence-corrected chi connectivity index (χ2v) is 7.14. The van der Waals surface area contributed by atoms with Crippen molar-refractivity contribution in [3.05, 3.63) is 28.8 Å². The number of methoxy groups -OCH3 is 1. The van der Waals surface area contributed by atoms with Crippen molar-refractivity contribution in [2.75, 3.05) is 26.0 Å². The number of nitrogens with one attached hydrogen (secondary N) is 2. The lowest BCUT2D eigenvalue weighted by atomic mass is 10.2. The van der Waals surface area contributed by atoms with Crippen LogP contribution in [-0.2, 0) is 4.79 Å². The lowest BCUT2D eigenvalue weighted by Crippen LogP contribution is -2.43. The van der Waals surface area contributed by atoms with Gasteiger partial charge in [-0.25, -0.2) is 0 Å². The van der Waals surface area contributed by atoms with Crippen molar-refractivity contribution in [2.45, 2.75) is 12.8 Å². The largest absolute Gasteiger partial charge is 0.496 e. The summed E-state index contributed by atoms with van der Waals surface area (Å²) in [6.07, 6.45) is 2.26. The fraction of sp³-hybridized carbons (Fsp3) is 0.400. The van der Waals surface area contributed by atoms with Crippen molar-refractivity contribution in [1.82, 2.24) is 15.8 Å². The van der Waals surface area contributed by atoms with Crippen LogP contribution in [0.1, 0.15) is 23.2 Å². The van der Waals surface area contributed by atoms with E-state index in [1.54, 1.807) is 12.1 Å². The Kier molecular flexibility index (Phi) is 7.14. The predicted octanol–water partition coefficient (Wildman–Crippen LogP) is 2.22. The molecule has 1 aromatic carbocycles. The number of hydrogen-bond acceptors (Lipinski definition) is 5. The molecule has 6 nitrogen and oxygen atoms in total. The van der Waals surface area contributed by atoms with Crippen LogP contribution in [0.3, 0.4) is 0 Å². The maximum absolute atomic E-state index is 12.1. The molecular weight excluding hydrogens is 370 g/mol. The Morgan fingerprint density at radius 1 is 1.33 bits per heavy atom. The number of carbonyl (C=O) groups is 2. The molecule has 0 aliphatic carbocycles. The third-order valence-electron chi connectivity index (χ3n) is 3.41. The zero-order valence-electron chi connectivity index (χ0n) is 13.1. The van der Waals surface area contributed by atoms with Gasteiger partial charge < -0.3 is 9.64 Å². The third kappa shape index (κ3) is 5.25. The van der Waals surface area contributed by atoms with Gasteiger partial charge in [-0.15, -0.1) is 0 Å². The zero-order valence-corrected chi connectivity index (χ0v) is 15.5. The van der Waals surface area contributed by atoms with Crippen LogP contribution in [0.25, 0.3) is 0 Å². The smallest absolute Gasteiger partial charge is 0.273 e. The van der Waals surface area contributed by atoms with Crippen molar-refractivity contribution in [3.63, 3.8) is 0 Å². The van der Waals surface area contributed by atoms with Crippen LogP contribution < -0.4 is 15.6 Å². The topological polar surface area (TPSA) is 70.7 Å². The molecule has 1 aromatic rings. The third-order valence-corrected chi connectivity index (χ3v) is 5.17. The van der Waals surface area contributed by atoms with Gasteiger partial charge in [0.25, 0.3) is 5.91 Å². The first kappa shape index (κ1) is 18.8. The summed E-state index contributed by atoms with van der Waals surface area (Å²) in [7, 11) is 1.45. The molecule has 0 spiro atoms. The number of amides is 2. The molecular formula is C15H18ClN3O3S2. The molecule has 0 atom stereocenters. The summed E-state index contributed by atoms with van der Waals surface area (Å²) in [5, 5.41) is 0.402. The van der Waals surface area contributed by atoms with Crippen molar-refractivity contribution in [1.29, 1.82) is 0 Å². The number of halogens is 1.